The van der Waals surface area contributed by atoms with Crippen LogP contribution in [0.15, 0.2) is 28.8 Å². The van der Waals surface area contributed by atoms with Gasteiger partial charge in [0.25, 0.3) is 0 Å². The molecule has 1 saturated heterocycles. The number of aliphatic hydroxyl groups is 1. The molecule has 2 heterocycles. The summed E-state index contributed by atoms with van der Waals surface area (Å²) in [6, 6.07) is 5.87. The first-order valence-corrected chi connectivity index (χ1v) is 8.05. The Bertz CT molecular complexity index is 701. The van der Waals surface area contributed by atoms with E-state index in [1.54, 1.807) is 24.0 Å². The van der Waals surface area contributed by atoms with Crippen LogP contribution in [0.1, 0.15) is 42.6 Å². The van der Waals surface area contributed by atoms with Gasteiger partial charge in [0, 0.05) is 19.4 Å². The number of carbonyl (C=O) groups is 1. The van der Waals surface area contributed by atoms with Crippen molar-refractivity contribution >= 4 is 5.91 Å². The first-order chi connectivity index (χ1) is 11.5. The van der Waals surface area contributed by atoms with Crippen LogP contribution in [0.2, 0.25) is 0 Å². The molecule has 0 spiro atoms. The Labute approximate surface area is 139 Å². The molecule has 0 radical (unpaired) electrons. The molecule has 0 aliphatic carbocycles. The fraction of sp³-hybridized carbons (Fsp3) is 0.471. The van der Waals surface area contributed by atoms with Gasteiger partial charge in [0.1, 0.15) is 5.82 Å². The molecule has 1 amide bonds. The monoisotopic (exact) mass is 333 g/mol. The van der Waals surface area contributed by atoms with E-state index in [0.717, 1.165) is 5.56 Å². The van der Waals surface area contributed by atoms with Gasteiger partial charge in [0.15, 0.2) is 5.82 Å². The van der Waals surface area contributed by atoms with E-state index in [4.69, 9.17) is 4.52 Å². The SMILES string of the molecule is Cc1noc(CCCC(=O)N2C[C@@H](O)C[C@@H]2c2ccc(F)cc2)n1. The maximum Gasteiger partial charge on any atom is 0.226 e. The predicted molar refractivity (Wildman–Crippen MR) is 83.5 cm³/mol. The third-order valence-electron chi connectivity index (χ3n) is 4.21. The first-order valence-electron chi connectivity index (χ1n) is 8.05. The molecule has 7 heteroatoms. The largest absolute Gasteiger partial charge is 0.391 e. The molecule has 24 heavy (non-hydrogen) atoms. The highest BCUT2D eigenvalue weighted by Crippen LogP contribution is 2.33. The molecule has 1 aromatic heterocycles. The average molecular weight is 333 g/mol. The summed E-state index contributed by atoms with van der Waals surface area (Å²) in [7, 11) is 0. The summed E-state index contributed by atoms with van der Waals surface area (Å²) in [5, 5.41) is 13.7. The van der Waals surface area contributed by atoms with E-state index >= 15 is 0 Å². The molecular weight excluding hydrogens is 313 g/mol. The number of likely N-dealkylation sites (tertiary alicyclic amines) is 1. The number of carbonyl (C=O) groups excluding carboxylic acids is 1. The van der Waals surface area contributed by atoms with Crippen LogP contribution in [0.4, 0.5) is 4.39 Å². The van der Waals surface area contributed by atoms with Crippen LogP contribution < -0.4 is 0 Å². The summed E-state index contributed by atoms with van der Waals surface area (Å²) >= 11 is 0. The van der Waals surface area contributed by atoms with Crippen molar-refractivity contribution in [1.82, 2.24) is 15.0 Å². The Balaban J connectivity index is 1.60. The Morgan fingerprint density at radius 1 is 1.42 bits per heavy atom. The number of halogens is 1. The number of nitrogens with zero attached hydrogens (tertiary/aromatic N) is 3. The average Bonchev–Trinajstić information content (AvgIpc) is 3.14. The van der Waals surface area contributed by atoms with Gasteiger partial charge in [0.2, 0.25) is 11.8 Å². The van der Waals surface area contributed by atoms with E-state index in [2.05, 4.69) is 10.1 Å². The third-order valence-corrected chi connectivity index (χ3v) is 4.21. The second-order valence-electron chi connectivity index (χ2n) is 6.09. The zero-order valence-electron chi connectivity index (χ0n) is 13.5. The van der Waals surface area contributed by atoms with Crippen LogP contribution in [0, 0.1) is 12.7 Å². The van der Waals surface area contributed by atoms with Crippen LogP contribution in [0.25, 0.3) is 0 Å². The number of hydrogen-bond donors (Lipinski definition) is 1. The van der Waals surface area contributed by atoms with Gasteiger partial charge in [-0.05, 0) is 37.5 Å². The van der Waals surface area contributed by atoms with Gasteiger partial charge in [-0.3, -0.25) is 4.79 Å². The van der Waals surface area contributed by atoms with E-state index in [1.807, 2.05) is 0 Å². The van der Waals surface area contributed by atoms with Crippen molar-refractivity contribution in [2.75, 3.05) is 6.54 Å². The Hall–Kier alpha value is -2.28. The molecule has 128 valence electrons. The molecule has 0 unspecified atom stereocenters. The molecule has 3 rings (SSSR count). The molecule has 0 bridgehead atoms. The third kappa shape index (κ3) is 3.79. The van der Waals surface area contributed by atoms with Crippen LogP contribution in [-0.4, -0.2) is 38.7 Å². The van der Waals surface area contributed by atoms with Gasteiger partial charge in [0.05, 0.1) is 12.1 Å². The molecule has 2 atom stereocenters. The van der Waals surface area contributed by atoms with Crippen molar-refractivity contribution in [3.8, 4) is 0 Å². The van der Waals surface area contributed by atoms with Gasteiger partial charge < -0.3 is 14.5 Å². The van der Waals surface area contributed by atoms with E-state index in [1.165, 1.54) is 12.1 Å². The highest BCUT2D eigenvalue weighted by molar-refractivity contribution is 5.77. The molecule has 6 nitrogen and oxygen atoms in total. The minimum absolute atomic E-state index is 0.0305. The molecule has 1 aromatic carbocycles. The van der Waals surface area contributed by atoms with Crippen LogP contribution in [0.5, 0.6) is 0 Å². The lowest BCUT2D eigenvalue weighted by Gasteiger charge is -2.24. The van der Waals surface area contributed by atoms with E-state index in [-0.39, 0.29) is 17.8 Å². The number of rotatable bonds is 5. The van der Waals surface area contributed by atoms with Crippen molar-refractivity contribution in [3.05, 3.63) is 47.4 Å². The zero-order valence-corrected chi connectivity index (χ0v) is 13.5. The number of benzene rings is 1. The number of β-amino-alcohol motifs (C(OH)–C–C–N with tert-alkyl or cyclic N) is 1. The second-order valence-corrected chi connectivity index (χ2v) is 6.09. The quantitative estimate of drug-likeness (QED) is 0.907. The Kier molecular flexibility index (Phi) is 4.89. The second kappa shape index (κ2) is 7.09. The zero-order chi connectivity index (χ0) is 17.1. The summed E-state index contributed by atoms with van der Waals surface area (Å²) in [6.07, 6.45) is 1.40. The fourth-order valence-corrected chi connectivity index (χ4v) is 3.07. The topological polar surface area (TPSA) is 79.5 Å². The molecule has 1 aliphatic heterocycles. The van der Waals surface area contributed by atoms with Crippen molar-refractivity contribution in [3.63, 3.8) is 0 Å². The van der Waals surface area contributed by atoms with E-state index < -0.39 is 6.10 Å². The van der Waals surface area contributed by atoms with Gasteiger partial charge in [-0.15, -0.1) is 0 Å². The lowest BCUT2D eigenvalue weighted by molar-refractivity contribution is -0.132. The summed E-state index contributed by atoms with van der Waals surface area (Å²) in [6.45, 7) is 2.05. The molecule has 0 saturated carbocycles. The summed E-state index contributed by atoms with van der Waals surface area (Å²) in [5.74, 6) is 0.759. The lowest BCUT2D eigenvalue weighted by atomic mass is 10.0. The normalized spacial score (nSPS) is 20.5. The smallest absolute Gasteiger partial charge is 0.226 e. The molecule has 2 aromatic rings. The van der Waals surface area contributed by atoms with Crippen LogP contribution >= 0.6 is 0 Å². The van der Waals surface area contributed by atoms with Gasteiger partial charge >= 0.3 is 0 Å². The highest BCUT2D eigenvalue weighted by Gasteiger charge is 2.34. The van der Waals surface area contributed by atoms with Crippen LogP contribution in [0.3, 0.4) is 0 Å². The van der Waals surface area contributed by atoms with Gasteiger partial charge in [-0.25, -0.2) is 4.39 Å². The van der Waals surface area contributed by atoms with Crippen molar-refractivity contribution in [1.29, 1.82) is 0 Å². The summed E-state index contributed by atoms with van der Waals surface area (Å²) < 4.78 is 18.1. The standard InChI is InChI=1S/C17H20FN3O3/c1-11-19-16(24-20-11)3-2-4-17(23)21-10-14(22)9-15(21)12-5-7-13(18)8-6-12/h5-8,14-15,22H,2-4,9-10H2,1H3/t14-,15+/m0/s1. The number of aliphatic hydroxyl groups excluding tert-OH is 1. The van der Waals surface area contributed by atoms with Crippen molar-refractivity contribution in [2.24, 2.45) is 0 Å². The lowest BCUT2D eigenvalue weighted by Crippen LogP contribution is -2.31. The Morgan fingerprint density at radius 2 is 2.17 bits per heavy atom. The minimum atomic E-state index is -0.553. The van der Waals surface area contributed by atoms with E-state index in [9.17, 15) is 14.3 Å². The number of aromatic nitrogens is 2. The maximum atomic E-state index is 13.1. The minimum Gasteiger partial charge on any atom is -0.391 e. The highest BCUT2D eigenvalue weighted by atomic mass is 19.1. The summed E-state index contributed by atoms with van der Waals surface area (Å²) in [5.41, 5.74) is 0.842. The number of amides is 1. The van der Waals surface area contributed by atoms with Crippen molar-refractivity contribution in [2.45, 2.75) is 44.8 Å². The molecule has 1 fully saturated rings. The molecule has 1 N–H and O–H groups in total. The molecule has 1 aliphatic rings. The maximum absolute atomic E-state index is 13.1. The Morgan fingerprint density at radius 3 is 2.83 bits per heavy atom. The predicted octanol–water partition coefficient (Wildman–Crippen LogP) is 2.17. The number of aryl methyl sites for hydroxylation is 2. The summed E-state index contributed by atoms with van der Waals surface area (Å²) in [4.78, 5) is 18.3. The van der Waals surface area contributed by atoms with E-state index in [0.29, 0.717) is 43.9 Å². The first kappa shape index (κ1) is 16.6. The van der Waals surface area contributed by atoms with Crippen LogP contribution in [-0.2, 0) is 11.2 Å². The fourth-order valence-electron chi connectivity index (χ4n) is 3.07. The molecular formula is C17H20FN3O3. The van der Waals surface area contributed by atoms with Crippen molar-refractivity contribution < 1.29 is 18.8 Å². The van der Waals surface area contributed by atoms with Gasteiger partial charge in [-0.2, -0.15) is 4.98 Å². The number of hydrogen-bond acceptors (Lipinski definition) is 5. The van der Waals surface area contributed by atoms with Gasteiger partial charge in [-0.1, -0.05) is 17.3 Å².